The van der Waals surface area contributed by atoms with Crippen LogP contribution in [0.5, 0.6) is 0 Å². The van der Waals surface area contributed by atoms with Crippen LogP contribution in [0, 0.1) is 0 Å². The van der Waals surface area contributed by atoms with E-state index in [1.807, 2.05) is 24.3 Å². The number of nitrogens with one attached hydrogen (secondary N) is 1. The van der Waals surface area contributed by atoms with Crippen LogP contribution in [0.4, 0.5) is 5.69 Å². The molecule has 0 aliphatic rings. The van der Waals surface area contributed by atoms with E-state index >= 15 is 0 Å². The Labute approximate surface area is 121 Å². The summed E-state index contributed by atoms with van der Waals surface area (Å²) >= 11 is 1.41. The third kappa shape index (κ3) is 3.93. The molecule has 0 saturated heterocycles. The molecule has 1 heterocycles. The Morgan fingerprint density at radius 3 is 2.55 bits per heavy atom. The molecule has 20 heavy (non-hydrogen) atoms. The average molecular weight is 289 g/mol. The Hall–Kier alpha value is -2.14. The number of hydrogen-bond acceptors (Lipinski definition) is 4. The third-order valence-corrected chi connectivity index (χ3v) is 3.42. The van der Waals surface area contributed by atoms with Crippen molar-refractivity contribution in [1.82, 2.24) is 0 Å². The smallest absolute Gasteiger partial charge is 0.339 e. The highest BCUT2D eigenvalue weighted by Gasteiger charge is 2.10. The Bertz CT molecular complexity index is 576. The normalized spacial score (nSPS) is 10.1. The summed E-state index contributed by atoms with van der Waals surface area (Å²) in [5, 5.41) is 6.15. The van der Waals surface area contributed by atoms with Gasteiger partial charge in [-0.15, -0.1) is 0 Å². The maximum Gasteiger partial charge on any atom is 0.339 e. The summed E-state index contributed by atoms with van der Waals surface area (Å²) in [4.78, 5) is 23.2. The maximum absolute atomic E-state index is 11.7. The van der Waals surface area contributed by atoms with Crippen molar-refractivity contribution in [1.29, 1.82) is 0 Å². The van der Waals surface area contributed by atoms with Gasteiger partial charge in [-0.1, -0.05) is 19.1 Å². The van der Waals surface area contributed by atoms with Crippen LogP contribution in [-0.2, 0) is 16.0 Å². The largest absolute Gasteiger partial charge is 0.452 e. The molecule has 0 atom stereocenters. The molecule has 1 aromatic carbocycles. The average Bonchev–Trinajstić information content (AvgIpc) is 3.00. The fourth-order valence-corrected chi connectivity index (χ4v) is 2.24. The van der Waals surface area contributed by atoms with Crippen molar-refractivity contribution in [3.05, 3.63) is 52.2 Å². The van der Waals surface area contributed by atoms with Crippen LogP contribution in [0.25, 0.3) is 0 Å². The summed E-state index contributed by atoms with van der Waals surface area (Å²) in [7, 11) is 0. The number of anilines is 1. The lowest BCUT2D eigenvalue weighted by atomic mass is 10.1. The number of rotatable bonds is 5. The third-order valence-electron chi connectivity index (χ3n) is 2.74. The summed E-state index contributed by atoms with van der Waals surface area (Å²) in [5.41, 5.74) is 2.36. The molecule has 0 radical (unpaired) electrons. The zero-order valence-corrected chi connectivity index (χ0v) is 11.9. The monoisotopic (exact) mass is 289 g/mol. The van der Waals surface area contributed by atoms with Crippen LogP contribution < -0.4 is 5.32 Å². The standard InChI is InChI=1S/C15H15NO3S/c1-2-11-3-5-13(6-4-11)16-14(17)9-19-15(18)12-7-8-20-10-12/h3-8,10H,2,9H2,1H3,(H,16,17). The number of ether oxygens (including phenoxy) is 1. The second kappa shape index (κ2) is 6.86. The van der Waals surface area contributed by atoms with E-state index in [4.69, 9.17) is 4.74 Å². The van der Waals surface area contributed by atoms with Crippen LogP contribution in [0.1, 0.15) is 22.8 Å². The van der Waals surface area contributed by atoms with Gasteiger partial charge in [-0.2, -0.15) is 11.3 Å². The first-order chi connectivity index (χ1) is 9.69. The highest BCUT2D eigenvalue weighted by Crippen LogP contribution is 2.10. The van der Waals surface area contributed by atoms with Gasteiger partial charge < -0.3 is 10.1 Å². The van der Waals surface area contributed by atoms with E-state index in [0.29, 0.717) is 11.3 Å². The van der Waals surface area contributed by atoms with Gasteiger partial charge in [-0.05, 0) is 35.6 Å². The lowest BCUT2D eigenvalue weighted by molar-refractivity contribution is -0.119. The fourth-order valence-electron chi connectivity index (χ4n) is 1.62. The highest BCUT2D eigenvalue weighted by atomic mass is 32.1. The lowest BCUT2D eigenvalue weighted by Crippen LogP contribution is -2.20. The van der Waals surface area contributed by atoms with Gasteiger partial charge in [0.1, 0.15) is 0 Å². The van der Waals surface area contributed by atoms with Crippen molar-refractivity contribution < 1.29 is 14.3 Å². The summed E-state index contributed by atoms with van der Waals surface area (Å²) in [6, 6.07) is 9.23. The minimum atomic E-state index is -0.484. The van der Waals surface area contributed by atoms with E-state index in [2.05, 4.69) is 12.2 Å². The maximum atomic E-state index is 11.7. The van der Waals surface area contributed by atoms with Gasteiger partial charge in [0.15, 0.2) is 6.61 Å². The molecule has 1 N–H and O–H groups in total. The Balaban J connectivity index is 1.81. The lowest BCUT2D eigenvalue weighted by Gasteiger charge is -2.06. The molecule has 0 aliphatic heterocycles. The van der Waals surface area contributed by atoms with E-state index in [1.54, 1.807) is 16.8 Å². The quantitative estimate of drug-likeness (QED) is 0.860. The minimum absolute atomic E-state index is 0.287. The number of carbonyl (C=O) groups excluding carboxylic acids is 2. The number of hydrogen-bond donors (Lipinski definition) is 1. The molecule has 2 rings (SSSR count). The predicted molar refractivity (Wildman–Crippen MR) is 79.1 cm³/mol. The molecule has 104 valence electrons. The molecular weight excluding hydrogens is 274 g/mol. The van der Waals surface area contributed by atoms with Crippen molar-refractivity contribution in [3.8, 4) is 0 Å². The first kappa shape index (κ1) is 14.3. The van der Waals surface area contributed by atoms with E-state index < -0.39 is 5.97 Å². The molecule has 2 aromatic rings. The van der Waals surface area contributed by atoms with E-state index in [1.165, 1.54) is 16.9 Å². The van der Waals surface area contributed by atoms with Gasteiger partial charge in [0.25, 0.3) is 5.91 Å². The van der Waals surface area contributed by atoms with Gasteiger partial charge in [-0.3, -0.25) is 4.79 Å². The van der Waals surface area contributed by atoms with Crippen molar-refractivity contribution in [3.63, 3.8) is 0 Å². The van der Waals surface area contributed by atoms with Crippen LogP contribution in [0.2, 0.25) is 0 Å². The zero-order chi connectivity index (χ0) is 14.4. The summed E-state index contributed by atoms with van der Waals surface area (Å²) in [5.74, 6) is -0.833. The molecule has 0 fully saturated rings. The molecule has 0 spiro atoms. The first-order valence-corrected chi connectivity index (χ1v) is 7.21. The van der Waals surface area contributed by atoms with Crippen LogP contribution >= 0.6 is 11.3 Å². The highest BCUT2D eigenvalue weighted by molar-refractivity contribution is 7.08. The zero-order valence-electron chi connectivity index (χ0n) is 11.1. The number of thiophene rings is 1. The summed E-state index contributed by atoms with van der Waals surface area (Å²) < 4.78 is 4.92. The molecule has 4 nitrogen and oxygen atoms in total. The topological polar surface area (TPSA) is 55.4 Å². The van der Waals surface area contributed by atoms with E-state index in [9.17, 15) is 9.59 Å². The number of benzene rings is 1. The number of carbonyl (C=O) groups is 2. The van der Waals surface area contributed by atoms with Crippen molar-refractivity contribution in [2.75, 3.05) is 11.9 Å². The van der Waals surface area contributed by atoms with Crippen LogP contribution in [0.15, 0.2) is 41.1 Å². The van der Waals surface area contributed by atoms with Gasteiger partial charge in [-0.25, -0.2) is 4.79 Å². The fraction of sp³-hybridized carbons (Fsp3) is 0.200. The summed E-state index contributed by atoms with van der Waals surface area (Å²) in [6.45, 7) is 1.78. The number of aryl methyl sites for hydroxylation is 1. The molecule has 0 aliphatic carbocycles. The number of amides is 1. The molecule has 0 unspecified atom stereocenters. The summed E-state index contributed by atoms with van der Waals surface area (Å²) in [6.07, 6.45) is 0.951. The van der Waals surface area contributed by atoms with Gasteiger partial charge in [0.2, 0.25) is 0 Å². The van der Waals surface area contributed by atoms with Crippen molar-refractivity contribution in [2.24, 2.45) is 0 Å². The molecular formula is C15H15NO3S. The Kier molecular flexibility index (Phi) is 4.90. The molecule has 0 saturated carbocycles. The molecule has 0 bridgehead atoms. The number of esters is 1. The SMILES string of the molecule is CCc1ccc(NC(=O)COC(=O)c2ccsc2)cc1. The van der Waals surface area contributed by atoms with E-state index in [-0.39, 0.29) is 12.5 Å². The van der Waals surface area contributed by atoms with Crippen molar-refractivity contribution in [2.45, 2.75) is 13.3 Å². The molecule has 1 aromatic heterocycles. The second-order valence-corrected chi connectivity index (χ2v) is 4.97. The van der Waals surface area contributed by atoms with Crippen LogP contribution in [0.3, 0.4) is 0 Å². The Morgan fingerprint density at radius 2 is 1.95 bits per heavy atom. The van der Waals surface area contributed by atoms with Crippen LogP contribution in [-0.4, -0.2) is 18.5 Å². The minimum Gasteiger partial charge on any atom is -0.452 e. The Morgan fingerprint density at radius 1 is 1.20 bits per heavy atom. The van der Waals surface area contributed by atoms with Gasteiger partial charge in [0, 0.05) is 11.1 Å². The first-order valence-electron chi connectivity index (χ1n) is 6.27. The molecule has 1 amide bonds. The van der Waals surface area contributed by atoms with Gasteiger partial charge in [0.05, 0.1) is 5.56 Å². The van der Waals surface area contributed by atoms with Gasteiger partial charge >= 0.3 is 5.97 Å². The molecule has 5 heteroatoms. The van der Waals surface area contributed by atoms with Crippen molar-refractivity contribution >= 4 is 28.9 Å². The van der Waals surface area contributed by atoms with E-state index in [0.717, 1.165) is 6.42 Å². The second-order valence-electron chi connectivity index (χ2n) is 4.19. The predicted octanol–water partition coefficient (Wildman–Crippen LogP) is 3.11.